The van der Waals surface area contributed by atoms with Gasteiger partial charge in [0.15, 0.2) is 0 Å². The number of anilines is 1. The first kappa shape index (κ1) is 14.0. The van der Waals surface area contributed by atoms with E-state index in [4.69, 9.17) is 0 Å². The first-order chi connectivity index (χ1) is 9.54. The Morgan fingerprint density at radius 2 is 1.80 bits per heavy atom. The average Bonchev–Trinajstić information content (AvgIpc) is 2.40. The van der Waals surface area contributed by atoms with Gasteiger partial charge in [-0.25, -0.2) is 4.39 Å². The van der Waals surface area contributed by atoms with Crippen molar-refractivity contribution in [2.75, 3.05) is 5.32 Å². The Morgan fingerprint density at radius 3 is 2.45 bits per heavy atom. The number of hydrogen-bond donors (Lipinski definition) is 1. The Labute approximate surface area is 118 Å². The van der Waals surface area contributed by atoms with E-state index in [2.05, 4.69) is 11.4 Å². The summed E-state index contributed by atoms with van der Waals surface area (Å²) in [6, 6.07) is 11.7. The molecular weight excluding hydrogens is 253 g/mol. The largest absolute Gasteiger partial charge is 0.323 e. The summed E-state index contributed by atoms with van der Waals surface area (Å²) in [7, 11) is 0. The summed E-state index contributed by atoms with van der Waals surface area (Å²) in [5.74, 6) is -0.564. The lowest BCUT2D eigenvalue weighted by atomic mass is 10.1. The molecule has 20 heavy (non-hydrogen) atoms. The van der Waals surface area contributed by atoms with Gasteiger partial charge in [0.1, 0.15) is 5.82 Å². The molecule has 2 nitrogen and oxygen atoms in total. The van der Waals surface area contributed by atoms with Crippen molar-refractivity contribution in [1.82, 2.24) is 0 Å². The molecule has 0 atom stereocenters. The van der Waals surface area contributed by atoms with E-state index in [9.17, 15) is 9.18 Å². The van der Waals surface area contributed by atoms with Gasteiger partial charge >= 0.3 is 0 Å². The van der Waals surface area contributed by atoms with Gasteiger partial charge in [0, 0.05) is 11.8 Å². The van der Waals surface area contributed by atoms with Crippen molar-refractivity contribution in [3.8, 4) is 0 Å². The molecule has 1 amide bonds. The van der Waals surface area contributed by atoms with Crippen molar-refractivity contribution in [3.63, 3.8) is 0 Å². The van der Waals surface area contributed by atoms with E-state index in [0.29, 0.717) is 5.69 Å². The monoisotopic (exact) mass is 269 g/mol. The Balaban J connectivity index is 2.03. The van der Waals surface area contributed by atoms with Crippen molar-refractivity contribution in [3.05, 3.63) is 71.0 Å². The number of amides is 1. The molecule has 0 aliphatic heterocycles. The highest BCUT2D eigenvalue weighted by molar-refractivity contribution is 6.01. The van der Waals surface area contributed by atoms with E-state index in [-0.39, 0.29) is 11.7 Å². The fourth-order valence-electron chi connectivity index (χ4n) is 1.90. The van der Waals surface area contributed by atoms with E-state index in [1.165, 1.54) is 35.9 Å². The van der Waals surface area contributed by atoms with Crippen LogP contribution in [-0.2, 0) is 4.79 Å². The number of hydrogen-bond acceptors (Lipinski definition) is 1. The highest BCUT2D eigenvalue weighted by Gasteiger charge is 1.99. The molecule has 2 aromatic carbocycles. The van der Waals surface area contributed by atoms with Gasteiger partial charge < -0.3 is 5.32 Å². The number of nitrogens with one attached hydrogen (secondary N) is 1. The number of rotatable bonds is 3. The van der Waals surface area contributed by atoms with Crippen molar-refractivity contribution in [1.29, 1.82) is 0 Å². The Kier molecular flexibility index (Phi) is 4.31. The molecular formula is C17H16FNO. The van der Waals surface area contributed by atoms with Gasteiger partial charge in [0.2, 0.25) is 5.91 Å². The molecule has 0 saturated heterocycles. The molecule has 1 N–H and O–H groups in total. The third-order valence-corrected chi connectivity index (χ3v) is 2.95. The topological polar surface area (TPSA) is 29.1 Å². The number of carbonyl (C=O) groups is 1. The minimum atomic E-state index is -0.325. The van der Waals surface area contributed by atoms with Crippen LogP contribution in [0.5, 0.6) is 0 Å². The lowest BCUT2D eigenvalue weighted by Gasteiger charge is -2.03. The van der Waals surface area contributed by atoms with Crippen LogP contribution >= 0.6 is 0 Å². The molecule has 0 saturated carbocycles. The maximum Gasteiger partial charge on any atom is 0.248 e. The summed E-state index contributed by atoms with van der Waals surface area (Å²) in [6.45, 7) is 4.03. The van der Waals surface area contributed by atoms with Gasteiger partial charge in [-0.3, -0.25) is 4.79 Å². The summed E-state index contributed by atoms with van der Waals surface area (Å²) in [6.07, 6.45) is 3.24. The van der Waals surface area contributed by atoms with Crippen molar-refractivity contribution in [2.24, 2.45) is 0 Å². The summed E-state index contributed by atoms with van der Waals surface area (Å²) in [5.41, 5.74) is 3.89. The third kappa shape index (κ3) is 3.79. The van der Waals surface area contributed by atoms with Crippen LogP contribution in [0.25, 0.3) is 6.08 Å². The number of carbonyl (C=O) groups excluding carboxylic acids is 1. The molecule has 3 heteroatoms. The SMILES string of the molecule is Cc1ccc(/C=C/C(=O)Nc2ccc(F)cc2)c(C)c1. The molecule has 0 aliphatic rings. The summed E-state index contributed by atoms with van der Waals surface area (Å²) in [5, 5.41) is 2.68. The maximum absolute atomic E-state index is 12.7. The second-order valence-corrected chi connectivity index (χ2v) is 4.69. The molecule has 0 unspecified atom stereocenters. The van der Waals surface area contributed by atoms with Crippen LogP contribution in [0.15, 0.2) is 48.5 Å². The Morgan fingerprint density at radius 1 is 1.10 bits per heavy atom. The molecule has 0 bridgehead atoms. The maximum atomic E-state index is 12.7. The van der Waals surface area contributed by atoms with Crippen molar-refractivity contribution < 1.29 is 9.18 Å². The van der Waals surface area contributed by atoms with Crippen LogP contribution in [0.3, 0.4) is 0 Å². The van der Waals surface area contributed by atoms with E-state index in [1.807, 2.05) is 26.0 Å². The molecule has 2 aromatic rings. The molecule has 0 aliphatic carbocycles. The Bertz CT molecular complexity index is 645. The zero-order chi connectivity index (χ0) is 14.5. The predicted octanol–water partition coefficient (Wildman–Crippen LogP) is 4.09. The van der Waals surface area contributed by atoms with E-state index in [0.717, 1.165) is 11.1 Å². The predicted molar refractivity (Wildman–Crippen MR) is 80.0 cm³/mol. The summed E-state index contributed by atoms with van der Waals surface area (Å²) >= 11 is 0. The van der Waals surface area contributed by atoms with Gasteiger partial charge in [0.05, 0.1) is 0 Å². The van der Waals surface area contributed by atoms with Gasteiger partial charge in [-0.2, -0.15) is 0 Å². The molecule has 0 radical (unpaired) electrons. The highest BCUT2D eigenvalue weighted by atomic mass is 19.1. The zero-order valence-electron chi connectivity index (χ0n) is 11.5. The minimum absolute atomic E-state index is 0.239. The van der Waals surface area contributed by atoms with Crippen LogP contribution in [-0.4, -0.2) is 5.91 Å². The summed E-state index contributed by atoms with van der Waals surface area (Å²) in [4.78, 5) is 11.8. The van der Waals surface area contributed by atoms with E-state index in [1.54, 1.807) is 6.08 Å². The fourth-order valence-corrected chi connectivity index (χ4v) is 1.90. The van der Waals surface area contributed by atoms with Crippen LogP contribution in [0.1, 0.15) is 16.7 Å². The summed E-state index contributed by atoms with van der Waals surface area (Å²) < 4.78 is 12.7. The van der Waals surface area contributed by atoms with E-state index >= 15 is 0 Å². The van der Waals surface area contributed by atoms with Crippen LogP contribution in [0.4, 0.5) is 10.1 Å². The lowest BCUT2D eigenvalue weighted by molar-refractivity contribution is -0.111. The van der Waals surface area contributed by atoms with E-state index < -0.39 is 0 Å². The number of benzene rings is 2. The molecule has 0 spiro atoms. The normalized spacial score (nSPS) is 10.8. The third-order valence-electron chi connectivity index (χ3n) is 2.95. The number of aryl methyl sites for hydroxylation is 2. The van der Waals surface area contributed by atoms with Gasteiger partial charge in [-0.1, -0.05) is 23.8 Å². The average molecular weight is 269 g/mol. The van der Waals surface area contributed by atoms with Crippen molar-refractivity contribution in [2.45, 2.75) is 13.8 Å². The van der Waals surface area contributed by atoms with Crippen LogP contribution in [0, 0.1) is 19.7 Å². The van der Waals surface area contributed by atoms with Crippen LogP contribution in [0.2, 0.25) is 0 Å². The van der Waals surface area contributed by atoms with Gasteiger partial charge in [0.25, 0.3) is 0 Å². The van der Waals surface area contributed by atoms with Crippen molar-refractivity contribution >= 4 is 17.7 Å². The number of halogens is 1. The fraction of sp³-hybridized carbons (Fsp3) is 0.118. The molecule has 0 fully saturated rings. The highest BCUT2D eigenvalue weighted by Crippen LogP contribution is 2.13. The van der Waals surface area contributed by atoms with Gasteiger partial charge in [-0.05, 0) is 55.3 Å². The lowest BCUT2D eigenvalue weighted by Crippen LogP contribution is -2.07. The molecule has 0 aromatic heterocycles. The second kappa shape index (κ2) is 6.15. The smallest absolute Gasteiger partial charge is 0.248 e. The Hall–Kier alpha value is -2.42. The van der Waals surface area contributed by atoms with Crippen LogP contribution < -0.4 is 5.32 Å². The standard InChI is InChI=1S/C17H16FNO/c1-12-3-4-14(13(2)11-12)5-10-17(20)19-16-8-6-15(18)7-9-16/h3-11H,1-2H3,(H,19,20)/b10-5+. The second-order valence-electron chi connectivity index (χ2n) is 4.69. The quantitative estimate of drug-likeness (QED) is 0.835. The first-order valence-corrected chi connectivity index (χ1v) is 6.36. The minimum Gasteiger partial charge on any atom is -0.323 e. The van der Waals surface area contributed by atoms with Gasteiger partial charge in [-0.15, -0.1) is 0 Å². The zero-order valence-corrected chi connectivity index (χ0v) is 11.5. The molecule has 0 heterocycles. The molecule has 102 valence electrons. The first-order valence-electron chi connectivity index (χ1n) is 6.36. The molecule has 2 rings (SSSR count).